The molecule has 8 heteroatoms. The van der Waals surface area contributed by atoms with Crippen LogP contribution in [0.1, 0.15) is 23.2 Å². The van der Waals surface area contributed by atoms with Crippen LogP contribution >= 0.6 is 15.9 Å². The molecule has 0 aromatic carbocycles. The van der Waals surface area contributed by atoms with E-state index >= 15 is 0 Å². The summed E-state index contributed by atoms with van der Waals surface area (Å²) >= 11 is 3.29. The van der Waals surface area contributed by atoms with E-state index in [1.807, 2.05) is 0 Å². The van der Waals surface area contributed by atoms with Crippen LogP contribution in [0.25, 0.3) is 0 Å². The Morgan fingerprint density at radius 2 is 2.33 bits per heavy atom. The molecule has 1 aromatic heterocycles. The number of piperidine rings is 1. The van der Waals surface area contributed by atoms with Crippen molar-refractivity contribution in [3.05, 3.63) is 28.5 Å². The molecule has 2 heterocycles. The first-order valence-electron chi connectivity index (χ1n) is 6.71. The van der Waals surface area contributed by atoms with E-state index in [1.54, 1.807) is 23.2 Å². The third-order valence-electron chi connectivity index (χ3n) is 3.43. The van der Waals surface area contributed by atoms with Gasteiger partial charge in [0, 0.05) is 25.8 Å². The number of aromatic nitrogens is 1. The van der Waals surface area contributed by atoms with Crippen LogP contribution in [0, 0.1) is 5.92 Å². The zero-order chi connectivity index (χ0) is 15.5. The van der Waals surface area contributed by atoms with Crippen LogP contribution < -0.4 is 4.72 Å². The monoisotopic (exact) mass is 375 g/mol. The van der Waals surface area contributed by atoms with Crippen LogP contribution in [0.2, 0.25) is 0 Å². The molecule has 1 saturated heterocycles. The summed E-state index contributed by atoms with van der Waals surface area (Å²) in [6.45, 7) is 1.62. The SMILES string of the molecule is CS(=O)(=O)NCC1CCCN(C(=O)c2cccnc2Br)C1. The summed E-state index contributed by atoms with van der Waals surface area (Å²) in [7, 11) is -3.19. The topological polar surface area (TPSA) is 79.4 Å². The fraction of sp³-hybridized carbons (Fsp3) is 0.538. The number of pyridine rings is 1. The summed E-state index contributed by atoms with van der Waals surface area (Å²) in [5.41, 5.74) is 0.536. The Labute approximate surface area is 133 Å². The lowest BCUT2D eigenvalue weighted by Gasteiger charge is -2.33. The summed E-state index contributed by atoms with van der Waals surface area (Å²) in [5, 5.41) is 0. The fourth-order valence-electron chi connectivity index (χ4n) is 2.40. The number of rotatable bonds is 4. The number of halogens is 1. The maximum absolute atomic E-state index is 12.5. The number of likely N-dealkylation sites (tertiary alicyclic amines) is 1. The lowest BCUT2D eigenvalue weighted by atomic mass is 9.98. The zero-order valence-corrected chi connectivity index (χ0v) is 14.2. The van der Waals surface area contributed by atoms with Gasteiger partial charge >= 0.3 is 0 Å². The average Bonchev–Trinajstić information content (AvgIpc) is 2.44. The van der Waals surface area contributed by atoms with Gasteiger partial charge in [-0.15, -0.1) is 0 Å². The smallest absolute Gasteiger partial charge is 0.256 e. The lowest BCUT2D eigenvalue weighted by molar-refractivity contribution is 0.0675. The van der Waals surface area contributed by atoms with Crippen molar-refractivity contribution in [1.82, 2.24) is 14.6 Å². The average molecular weight is 376 g/mol. The second-order valence-corrected chi connectivity index (χ2v) is 7.81. The third-order valence-corrected chi connectivity index (χ3v) is 4.75. The predicted molar refractivity (Wildman–Crippen MR) is 83.4 cm³/mol. The van der Waals surface area contributed by atoms with Crippen LogP contribution in [-0.2, 0) is 10.0 Å². The molecule has 1 fully saturated rings. The van der Waals surface area contributed by atoms with Crippen LogP contribution in [0.15, 0.2) is 22.9 Å². The first kappa shape index (κ1) is 16.4. The molecular weight excluding hydrogens is 358 g/mol. The van der Waals surface area contributed by atoms with E-state index in [0.717, 1.165) is 19.1 Å². The highest BCUT2D eigenvalue weighted by Gasteiger charge is 2.26. The van der Waals surface area contributed by atoms with Crippen LogP contribution in [0.3, 0.4) is 0 Å². The first-order chi connectivity index (χ1) is 9.87. The molecule has 21 heavy (non-hydrogen) atoms. The first-order valence-corrected chi connectivity index (χ1v) is 9.39. The molecule has 1 aliphatic heterocycles. The van der Waals surface area contributed by atoms with Crippen molar-refractivity contribution >= 4 is 31.9 Å². The van der Waals surface area contributed by atoms with E-state index in [1.165, 1.54) is 0 Å². The minimum atomic E-state index is -3.19. The van der Waals surface area contributed by atoms with Crippen molar-refractivity contribution in [3.63, 3.8) is 0 Å². The summed E-state index contributed by atoms with van der Waals surface area (Å²) < 4.78 is 25.3. The summed E-state index contributed by atoms with van der Waals surface area (Å²) in [6, 6.07) is 3.46. The molecule has 1 amide bonds. The second kappa shape index (κ2) is 6.85. The van der Waals surface area contributed by atoms with Crippen LogP contribution in [0.4, 0.5) is 0 Å². The highest BCUT2D eigenvalue weighted by molar-refractivity contribution is 9.10. The van der Waals surface area contributed by atoms with Crippen molar-refractivity contribution in [2.45, 2.75) is 12.8 Å². The molecular formula is C13H18BrN3O3S. The molecule has 2 rings (SSSR count). The molecule has 1 aromatic rings. The van der Waals surface area contributed by atoms with Gasteiger partial charge in [0.05, 0.1) is 11.8 Å². The quantitative estimate of drug-likeness (QED) is 0.803. The van der Waals surface area contributed by atoms with Crippen molar-refractivity contribution in [2.24, 2.45) is 5.92 Å². The molecule has 1 atom stereocenters. The Hall–Kier alpha value is -0.990. The Morgan fingerprint density at radius 3 is 3.00 bits per heavy atom. The minimum absolute atomic E-state index is 0.0703. The summed E-state index contributed by atoms with van der Waals surface area (Å²) in [6.07, 6.45) is 4.56. The molecule has 0 spiro atoms. The molecule has 1 N–H and O–H groups in total. The van der Waals surface area contributed by atoms with Gasteiger partial charge in [0.15, 0.2) is 0 Å². The Bertz CT molecular complexity index is 621. The van der Waals surface area contributed by atoms with E-state index in [9.17, 15) is 13.2 Å². The normalized spacial score (nSPS) is 19.5. The van der Waals surface area contributed by atoms with Crippen LogP contribution in [0.5, 0.6) is 0 Å². The van der Waals surface area contributed by atoms with Crippen molar-refractivity contribution < 1.29 is 13.2 Å². The van der Waals surface area contributed by atoms with Gasteiger partial charge in [-0.2, -0.15) is 0 Å². The standard InChI is InChI=1S/C13H18BrN3O3S/c1-21(19,20)16-8-10-4-3-7-17(9-10)13(18)11-5-2-6-15-12(11)14/h2,5-6,10,16H,3-4,7-9H2,1H3. The maximum atomic E-state index is 12.5. The number of amides is 1. The predicted octanol–water partition coefficient (Wildman–Crippen LogP) is 1.25. The molecule has 1 unspecified atom stereocenters. The number of nitrogens with zero attached hydrogens (tertiary/aromatic N) is 2. The number of sulfonamides is 1. The highest BCUT2D eigenvalue weighted by Crippen LogP contribution is 2.21. The molecule has 116 valence electrons. The van der Waals surface area contributed by atoms with Gasteiger partial charge in [-0.25, -0.2) is 18.1 Å². The second-order valence-electron chi connectivity index (χ2n) is 5.22. The van der Waals surface area contributed by atoms with E-state index in [-0.39, 0.29) is 11.8 Å². The van der Waals surface area contributed by atoms with Crippen molar-refractivity contribution in [3.8, 4) is 0 Å². The minimum Gasteiger partial charge on any atom is -0.338 e. The number of carbonyl (C=O) groups is 1. The van der Waals surface area contributed by atoms with Gasteiger partial charge in [-0.1, -0.05) is 0 Å². The maximum Gasteiger partial charge on any atom is 0.256 e. The van der Waals surface area contributed by atoms with E-state index < -0.39 is 10.0 Å². The van der Waals surface area contributed by atoms with Crippen LogP contribution in [-0.4, -0.2) is 50.1 Å². The zero-order valence-electron chi connectivity index (χ0n) is 11.8. The molecule has 0 radical (unpaired) electrons. The van der Waals surface area contributed by atoms with Gasteiger partial charge in [0.1, 0.15) is 4.60 Å². The molecule has 0 saturated carbocycles. The Morgan fingerprint density at radius 1 is 1.57 bits per heavy atom. The lowest BCUT2D eigenvalue weighted by Crippen LogP contribution is -2.43. The third kappa shape index (κ3) is 4.76. The van der Waals surface area contributed by atoms with Gasteiger partial charge in [-0.3, -0.25) is 4.79 Å². The van der Waals surface area contributed by atoms with Gasteiger partial charge < -0.3 is 4.90 Å². The van der Waals surface area contributed by atoms with E-state index in [2.05, 4.69) is 25.6 Å². The summed E-state index contributed by atoms with van der Waals surface area (Å²) in [4.78, 5) is 18.3. The Balaban J connectivity index is 2.01. The van der Waals surface area contributed by atoms with Gasteiger partial charge in [0.25, 0.3) is 5.91 Å². The van der Waals surface area contributed by atoms with Gasteiger partial charge in [-0.05, 0) is 46.8 Å². The highest BCUT2D eigenvalue weighted by atomic mass is 79.9. The molecule has 6 nitrogen and oxygen atoms in total. The number of hydrogen-bond acceptors (Lipinski definition) is 4. The number of hydrogen-bond donors (Lipinski definition) is 1. The Kier molecular flexibility index (Phi) is 5.34. The van der Waals surface area contributed by atoms with E-state index in [0.29, 0.717) is 29.8 Å². The number of carbonyl (C=O) groups excluding carboxylic acids is 1. The van der Waals surface area contributed by atoms with Crippen molar-refractivity contribution in [2.75, 3.05) is 25.9 Å². The molecule has 0 aliphatic carbocycles. The molecule has 1 aliphatic rings. The fourth-order valence-corrected chi connectivity index (χ4v) is 3.36. The molecule has 0 bridgehead atoms. The summed E-state index contributed by atoms with van der Waals surface area (Å²) in [5.74, 6) is 0.0758. The van der Waals surface area contributed by atoms with E-state index in [4.69, 9.17) is 0 Å². The number of nitrogens with one attached hydrogen (secondary N) is 1. The van der Waals surface area contributed by atoms with Crippen molar-refractivity contribution in [1.29, 1.82) is 0 Å². The van der Waals surface area contributed by atoms with Gasteiger partial charge in [0.2, 0.25) is 10.0 Å². The largest absolute Gasteiger partial charge is 0.338 e.